The molecule has 3 rings (SSSR count). The second-order valence-corrected chi connectivity index (χ2v) is 7.67. The van der Waals surface area contributed by atoms with Gasteiger partial charge >= 0.3 is 6.03 Å². The number of nitrogens with one attached hydrogen (secondary N) is 1. The van der Waals surface area contributed by atoms with E-state index < -0.39 is 12.1 Å². The van der Waals surface area contributed by atoms with Gasteiger partial charge in [-0.3, -0.25) is 4.79 Å². The summed E-state index contributed by atoms with van der Waals surface area (Å²) in [5.41, 5.74) is 8.16. The Bertz CT molecular complexity index is 886. The molecule has 1 fully saturated rings. The number of hydrogen-bond acceptors (Lipinski definition) is 4. The van der Waals surface area contributed by atoms with E-state index in [2.05, 4.69) is 16.3 Å². The summed E-state index contributed by atoms with van der Waals surface area (Å²) in [7, 11) is 1.76. The largest absolute Gasteiger partial charge is 0.378 e. The van der Waals surface area contributed by atoms with Crippen molar-refractivity contribution < 1.29 is 14.3 Å². The number of morpholine rings is 1. The maximum Gasteiger partial charge on any atom is 0.312 e. The molecule has 1 aliphatic rings. The number of nitrogens with two attached hydrogens (primary N) is 1. The minimum Gasteiger partial charge on any atom is -0.378 e. The lowest BCUT2D eigenvalue weighted by atomic mass is 10.0. The van der Waals surface area contributed by atoms with Crippen LogP contribution in [-0.4, -0.2) is 50.2 Å². The van der Waals surface area contributed by atoms with E-state index in [9.17, 15) is 9.59 Å². The molecule has 1 heterocycles. The topological polar surface area (TPSA) is 87.9 Å². The highest BCUT2D eigenvalue weighted by Gasteiger charge is 2.23. The van der Waals surface area contributed by atoms with Gasteiger partial charge in [-0.1, -0.05) is 48.0 Å². The van der Waals surface area contributed by atoms with Crippen LogP contribution in [0.15, 0.2) is 48.5 Å². The van der Waals surface area contributed by atoms with Crippen molar-refractivity contribution in [2.45, 2.75) is 19.0 Å². The van der Waals surface area contributed by atoms with E-state index >= 15 is 0 Å². The quantitative estimate of drug-likeness (QED) is 0.706. The maximum atomic E-state index is 13.0. The Morgan fingerprint density at radius 3 is 2.53 bits per heavy atom. The van der Waals surface area contributed by atoms with Crippen LogP contribution in [0.1, 0.15) is 23.6 Å². The highest BCUT2D eigenvalue weighted by atomic mass is 35.5. The van der Waals surface area contributed by atoms with E-state index in [0.717, 1.165) is 24.3 Å². The summed E-state index contributed by atoms with van der Waals surface area (Å²) < 4.78 is 5.45. The van der Waals surface area contributed by atoms with E-state index in [1.54, 1.807) is 30.1 Å². The SMILES string of the molecule is CN(Cc1ccccc1N1CCOCC1)C(=O)CC(NC(N)=O)c1ccccc1Cl. The Labute approximate surface area is 181 Å². The van der Waals surface area contributed by atoms with Crippen LogP contribution in [0, 0.1) is 0 Å². The number of halogens is 1. The van der Waals surface area contributed by atoms with Gasteiger partial charge in [0.15, 0.2) is 0 Å². The Hall–Kier alpha value is -2.77. The molecular weight excluding hydrogens is 404 g/mol. The van der Waals surface area contributed by atoms with Gasteiger partial charge in [-0.2, -0.15) is 0 Å². The highest BCUT2D eigenvalue weighted by molar-refractivity contribution is 6.31. The highest BCUT2D eigenvalue weighted by Crippen LogP contribution is 2.27. The standard InChI is InChI=1S/C22H27ClN4O3/c1-26(15-16-6-2-5-9-20(16)27-10-12-30-13-11-27)21(28)14-19(25-22(24)29)17-7-3-4-8-18(17)23/h2-9,19H,10-15H2,1H3,(H3,24,25,29). The van der Waals surface area contributed by atoms with Crippen LogP contribution in [0.4, 0.5) is 10.5 Å². The number of amides is 3. The predicted octanol–water partition coefficient (Wildman–Crippen LogP) is 2.93. The summed E-state index contributed by atoms with van der Waals surface area (Å²) in [6.45, 7) is 3.50. The van der Waals surface area contributed by atoms with Crippen molar-refractivity contribution in [3.05, 3.63) is 64.7 Å². The van der Waals surface area contributed by atoms with Gasteiger partial charge in [0.1, 0.15) is 0 Å². The average molecular weight is 431 g/mol. The number of rotatable bonds is 7. The maximum absolute atomic E-state index is 13.0. The molecule has 0 bridgehead atoms. The van der Waals surface area contributed by atoms with E-state index in [1.165, 1.54) is 0 Å². The molecule has 3 N–H and O–H groups in total. The van der Waals surface area contributed by atoms with Crippen LogP contribution in [-0.2, 0) is 16.1 Å². The summed E-state index contributed by atoms with van der Waals surface area (Å²) in [6.07, 6.45) is 0.0584. The smallest absolute Gasteiger partial charge is 0.312 e. The molecule has 1 aliphatic heterocycles. The van der Waals surface area contributed by atoms with Gasteiger partial charge < -0.3 is 25.6 Å². The van der Waals surface area contributed by atoms with Gasteiger partial charge in [-0.05, 0) is 23.3 Å². The first-order valence-electron chi connectivity index (χ1n) is 9.90. The molecule has 1 atom stereocenters. The molecule has 0 spiro atoms. The van der Waals surface area contributed by atoms with Gasteiger partial charge in [-0.25, -0.2) is 4.79 Å². The fourth-order valence-corrected chi connectivity index (χ4v) is 3.87. The van der Waals surface area contributed by atoms with Gasteiger partial charge in [0.25, 0.3) is 0 Å². The number of urea groups is 1. The van der Waals surface area contributed by atoms with Crippen molar-refractivity contribution in [1.29, 1.82) is 0 Å². The van der Waals surface area contributed by atoms with Crippen LogP contribution in [0.3, 0.4) is 0 Å². The van der Waals surface area contributed by atoms with Crippen molar-refractivity contribution >= 4 is 29.2 Å². The van der Waals surface area contributed by atoms with Crippen molar-refractivity contribution in [3.8, 4) is 0 Å². The van der Waals surface area contributed by atoms with Crippen molar-refractivity contribution in [1.82, 2.24) is 10.2 Å². The number of nitrogens with zero attached hydrogens (tertiary/aromatic N) is 2. The van der Waals surface area contributed by atoms with Crippen molar-refractivity contribution in [3.63, 3.8) is 0 Å². The lowest BCUT2D eigenvalue weighted by Crippen LogP contribution is -2.38. The number of hydrogen-bond donors (Lipinski definition) is 2. The minimum atomic E-state index is -0.701. The normalized spacial score (nSPS) is 14.8. The number of anilines is 1. The predicted molar refractivity (Wildman–Crippen MR) is 117 cm³/mol. The molecule has 30 heavy (non-hydrogen) atoms. The summed E-state index contributed by atoms with van der Waals surface area (Å²) in [4.78, 5) is 28.4. The third-order valence-electron chi connectivity index (χ3n) is 5.15. The summed E-state index contributed by atoms with van der Waals surface area (Å²) in [5, 5.41) is 3.11. The van der Waals surface area contributed by atoms with Gasteiger partial charge in [0.2, 0.25) is 5.91 Å². The molecule has 0 radical (unpaired) electrons. The van der Waals surface area contributed by atoms with Crippen molar-refractivity contribution in [2.24, 2.45) is 5.73 Å². The van der Waals surface area contributed by atoms with E-state index in [-0.39, 0.29) is 12.3 Å². The molecule has 3 amide bonds. The number of primary amides is 1. The first-order valence-corrected chi connectivity index (χ1v) is 10.3. The minimum absolute atomic E-state index is 0.0584. The molecule has 2 aromatic rings. The molecule has 0 aromatic heterocycles. The van der Waals surface area contributed by atoms with Gasteiger partial charge in [0, 0.05) is 37.4 Å². The zero-order chi connectivity index (χ0) is 21.5. The average Bonchev–Trinajstić information content (AvgIpc) is 2.74. The van der Waals surface area contributed by atoms with Gasteiger partial charge in [-0.15, -0.1) is 0 Å². The van der Waals surface area contributed by atoms with Crippen LogP contribution in [0.5, 0.6) is 0 Å². The fourth-order valence-electron chi connectivity index (χ4n) is 3.60. The van der Waals surface area contributed by atoms with E-state index in [4.69, 9.17) is 22.1 Å². The van der Waals surface area contributed by atoms with Crippen LogP contribution in [0.25, 0.3) is 0 Å². The molecule has 1 saturated heterocycles. The van der Waals surface area contributed by atoms with Gasteiger partial charge in [0.05, 0.1) is 25.7 Å². The molecule has 0 aliphatic carbocycles. The van der Waals surface area contributed by atoms with E-state index in [1.807, 2.05) is 24.3 Å². The fraction of sp³-hybridized carbons (Fsp3) is 0.364. The number of ether oxygens (including phenoxy) is 1. The Kier molecular flexibility index (Phi) is 7.54. The zero-order valence-electron chi connectivity index (χ0n) is 17.0. The summed E-state index contributed by atoms with van der Waals surface area (Å²) in [5.74, 6) is -0.120. The molecule has 160 valence electrons. The number of para-hydroxylation sites is 1. The number of carbonyl (C=O) groups is 2. The number of benzene rings is 2. The van der Waals surface area contributed by atoms with Crippen LogP contribution < -0.4 is 16.0 Å². The molecule has 2 aromatic carbocycles. The lowest BCUT2D eigenvalue weighted by molar-refractivity contribution is -0.130. The monoisotopic (exact) mass is 430 g/mol. The van der Waals surface area contributed by atoms with Crippen LogP contribution in [0.2, 0.25) is 5.02 Å². The molecular formula is C22H27ClN4O3. The van der Waals surface area contributed by atoms with Crippen molar-refractivity contribution in [2.75, 3.05) is 38.3 Å². The molecule has 0 saturated carbocycles. The first-order chi connectivity index (χ1) is 14.5. The van der Waals surface area contributed by atoms with Crippen LogP contribution >= 0.6 is 11.6 Å². The van der Waals surface area contributed by atoms with E-state index in [0.29, 0.717) is 30.3 Å². The zero-order valence-corrected chi connectivity index (χ0v) is 17.8. The number of carbonyl (C=O) groups excluding carboxylic acids is 2. The second kappa shape index (κ2) is 10.3. The molecule has 1 unspecified atom stereocenters. The third kappa shape index (κ3) is 5.64. The summed E-state index contributed by atoms with van der Waals surface area (Å²) >= 11 is 6.27. The Morgan fingerprint density at radius 2 is 1.83 bits per heavy atom. The summed E-state index contributed by atoms with van der Waals surface area (Å²) in [6, 6.07) is 13.9. The Morgan fingerprint density at radius 1 is 1.17 bits per heavy atom. The first kappa shape index (κ1) is 21.9. The third-order valence-corrected chi connectivity index (χ3v) is 5.50. The molecule has 8 heteroatoms. The lowest BCUT2D eigenvalue weighted by Gasteiger charge is -2.31. The second-order valence-electron chi connectivity index (χ2n) is 7.26. The Balaban J connectivity index is 1.72. The molecule has 7 nitrogen and oxygen atoms in total.